The molecule has 3 aromatic carbocycles. The van der Waals surface area contributed by atoms with Gasteiger partial charge in [-0.1, -0.05) is 55.5 Å². The van der Waals surface area contributed by atoms with Gasteiger partial charge in [0, 0.05) is 31.0 Å². The average molecular weight is 519 g/mol. The number of fused-ring (bicyclic) bond motifs is 1. The number of benzene rings is 3. The van der Waals surface area contributed by atoms with Crippen LogP contribution in [0.1, 0.15) is 24.5 Å². The van der Waals surface area contributed by atoms with Crippen LogP contribution < -0.4 is 14.9 Å². The first kappa shape index (κ1) is 26.0. The second-order valence-corrected chi connectivity index (χ2v) is 10.9. The first-order chi connectivity index (χ1) is 17.7. The van der Waals surface area contributed by atoms with Crippen molar-refractivity contribution in [3.05, 3.63) is 90.0 Å². The van der Waals surface area contributed by atoms with Gasteiger partial charge >= 0.3 is 0 Å². The lowest BCUT2D eigenvalue weighted by Gasteiger charge is -2.25. The van der Waals surface area contributed by atoms with Crippen LogP contribution in [0.15, 0.2) is 78.9 Å². The summed E-state index contributed by atoms with van der Waals surface area (Å²) >= 11 is 0. The van der Waals surface area contributed by atoms with E-state index in [2.05, 4.69) is 10.6 Å². The minimum absolute atomic E-state index is 0.0630. The van der Waals surface area contributed by atoms with Gasteiger partial charge in [-0.05, 0) is 42.3 Å². The van der Waals surface area contributed by atoms with Crippen LogP contribution in [0.25, 0.3) is 11.3 Å². The smallest absolute Gasteiger partial charge is 0.258 e. The van der Waals surface area contributed by atoms with E-state index in [1.54, 1.807) is 45.3 Å². The van der Waals surface area contributed by atoms with Gasteiger partial charge in [0.15, 0.2) is 0 Å². The van der Waals surface area contributed by atoms with Crippen molar-refractivity contribution in [3.8, 4) is 0 Å². The van der Waals surface area contributed by atoms with Gasteiger partial charge in [-0.2, -0.15) is 0 Å². The summed E-state index contributed by atoms with van der Waals surface area (Å²) in [6.07, 6.45) is 0.437. The fourth-order valence-corrected chi connectivity index (χ4v) is 5.57. The third-order valence-electron chi connectivity index (χ3n) is 5.98. The molecule has 1 heterocycles. The Morgan fingerprint density at radius 3 is 2.22 bits per heavy atom. The van der Waals surface area contributed by atoms with Gasteiger partial charge in [0.05, 0.1) is 22.7 Å². The van der Waals surface area contributed by atoms with E-state index in [1.165, 1.54) is 4.90 Å². The number of likely N-dealkylation sites (N-methyl/N-ethyl adjacent to an activating group) is 1. The van der Waals surface area contributed by atoms with Crippen molar-refractivity contribution >= 4 is 50.2 Å². The molecule has 192 valence electrons. The van der Waals surface area contributed by atoms with Crippen molar-refractivity contribution in [2.24, 2.45) is 0 Å². The van der Waals surface area contributed by atoms with Crippen molar-refractivity contribution in [2.45, 2.75) is 13.3 Å². The maximum Gasteiger partial charge on any atom is 0.258 e. The lowest BCUT2D eigenvalue weighted by atomic mass is 10.00. The van der Waals surface area contributed by atoms with Gasteiger partial charge < -0.3 is 15.5 Å². The topological polar surface area (TPSA) is 98.8 Å². The van der Waals surface area contributed by atoms with E-state index >= 15 is 0 Å². The number of carbonyl (C=O) groups excluding carboxylic acids is 2. The van der Waals surface area contributed by atoms with Crippen molar-refractivity contribution < 1.29 is 18.0 Å². The number of nitrogens with one attached hydrogen (secondary N) is 2. The van der Waals surface area contributed by atoms with E-state index in [1.807, 2.05) is 54.6 Å². The molecule has 0 spiro atoms. The zero-order valence-electron chi connectivity index (χ0n) is 21.1. The number of hydrogen-bond acceptors (Lipinski definition) is 5. The van der Waals surface area contributed by atoms with E-state index in [0.29, 0.717) is 29.1 Å². The molecule has 1 aliphatic heterocycles. The summed E-state index contributed by atoms with van der Waals surface area (Å²) < 4.78 is 27.1. The molecule has 0 aliphatic carbocycles. The summed E-state index contributed by atoms with van der Waals surface area (Å²) in [7, 11) is -0.497. The van der Waals surface area contributed by atoms with Gasteiger partial charge in [0.1, 0.15) is 6.54 Å². The lowest BCUT2D eigenvalue weighted by molar-refractivity contribution is -0.127. The third kappa shape index (κ3) is 5.67. The van der Waals surface area contributed by atoms with Crippen LogP contribution in [0.4, 0.5) is 17.1 Å². The van der Waals surface area contributed by atoms with Crippen LogP contribution in [0, 0.1) is 0 Å². The Kier molecular flexibility index (Phi) is 7.63. The number of carbonyl (C=O) groups is 2. The van der Waals surface area contributed by atoms with Crippen LogP contribution >= 0.6 is 0 Å². The molecule has 0 bridgehead atoms. The second kappa shape index (κ2) is 10.9. The molecule has 2 amide bonds. The van der Waals surface area contributed by atoms with E-state index in [4.69, 9.17) is 0 Å². The van der Waals surface area contributed by atoms with Crippen LogP contribution in [-0.2, 0) is 19.6 Å². The SMILES string of the molecule is CCCS(=O)(=O)N(CC(=O)N(C)C)c1ccc(N/C(=C2\C(=O)Nc3ccccc32)c2ccccc2)cc1. The molecule has 0 unspecified atom stereocenters. The van der Waals surface area contributed by atoms with Crippen LogP contribution in [-0.4, -0.2) is 51.5 Å². The Morgan fingerprint density at radius 2 is 1.57 bits per heavy atom. The molecule has 2 N–H and O–H groups in total. The Hall–Kier alpha value is -4.11. The Bertz CT molecular complexity index is 1430. The van der Waals surface area contributed by atoms with Crippen molar-refractivity contribution in [1.82, 2.24) is 4.90 Å². The number of hydrogen-bond donors (Lipinski definition) is 2. The predicted octanol–water partition coefficient (Wildman–Crippen LogP) is 4.25. The van der Waals surface area contributed by atoms with E-state index in [0.717, 1.165) is 21.1 Å². The molecular formula is C28H30N4O4S. The third-order valence-corrected chi connectivity index (χ3v) is 7.92. The largest absolute Gasteiger partial charge is 0.354 e. The highest BCUT2D eigenvalue weighted by Crippen LogP contribution is 2.37. The normalized spacial score (nSPS) is 14.0. The van der Waals surface area contributed by atoms with Crippen molar-refractivity contribution in [2.75, 3.05) is 41.3 Å². The first-order valence-corrected chi connectivity index (χ1v) is 13.6. The Labute approximate surface area is 217 Å². The van der Waals surface area contributed by atoms with Crippen molar-refractivity contribution in [3.63, 3.8) is 0 Å². The zero-order valence-corrected chi connectivity index (χ0v) is 21.9. The summed E-state index contributed by atoms with van der Waals surface area (Å²) in [6, 6.07) is 23.9. The monoisotopic (exact) mass is 518 g/mol. The molecule has 3 aromatic rings. The molecule has 0 saturated carbocycles. The Morgan fingerprint density at radius 1 is 0.919 bits per heavy atom. The second-order valence-electron chi connectivity index (χ2n) is 8.90. The summed E-state index contributed by atoms with van der Waals surface area (Å²) in [6.45, 7) is 1.50. The molecule has 1 aliphatic rings. The molecular weight excluding hydrogens is 488 g/mol. The quantitative estimate of drug-likeness (QED) is 0.413. The minimum Gasteiger partial charge on any atom is -0.354 e. The fraction of sp³-hybridized carbons (Fsp3) is 0.214. The van der Waals surface area contributed by atoms with Gasteiger partial charge in [-0.15, -0.1) is 0 Å². The number of para-hydroxylation sites is 1. The maximum absolute atomic E-state index is 13.0. The minimum atomic E-state index is -3.68. The first-order valence-electron chi connectivity index (χ1n) is 12.0. The average Bonchev–Trinajstić information content (AvgIpc) is 3.22. The van der Waals surface area contributed by atoms with Crippen LogP contribution in [0.3, 0.4) is 0 Å². The molecule has 4 rings (SSSR count). The standard InChI is InChI=1S/C28H30N4O4S/c1-4-18-37(35,36)32(19-25(33)31(2)3)22-16-14-21(15-17-22)29-27(20-10-6-5-7-11-20)26-23-12-8-9-13-24(23)30-28(26)34/h5-17,29H,4,18-19H2,1-3H3,(H,30,34)/b27-26-. The molecule has 8 nitrogen and oxygen atoms in total. The summed E-state index contributed by atoms with van der Waals surface area (Å²) in [5.41, 5.74) is 4.59. The van der Waals surface area contributed by atoms with Gasteiger partial charge in [-0.25, -0.2) is 8.42 Å². The molecule has 0 atom stereocenters. The van der Waals surface area contributed by atoms with Gasteiger partial charge in [0.25, 0.3) is 5.91 Å². The number of anilines is 3. The fourth-order valence-electron chi connectivity index (χ4n) is 4.09. The number of amides is 2. The van der Waals surface area contributed by atoms with Gasteiger partial charge in [-0.3, -0.25) is 13.9 Å². The van der Waals surface area contributed by atoms with Gasteiger partial charge in [0.2, 0.25) is 15.9 Å². The molecule has 37 heavy (non-hydrogen) atoms. The summed E-state index contributed by atoms with van der Waals surface area (Å²) in [5, 5.41) is 6.29. The number of rotatable bonds is 9. The maximum atomic E-state index is 13.0. The highest BCUT2D eigenvalue weighted by atomic mass is 32.2. The summed E-state index contributed by atoms with van der Waals surface area (Å²) in [5.74, 6) is -0.584. The van der Waals surface area contributed by atoms with E-state index in [9.17, 15) is 18.0 Å². The highest BCUT2D eigenvalue weighted by molar-refractivity contribution is 7.92. The molecule has 0 saturated heterocycles. The zero-order chi connectivity index (χ0) is 26.6. The number of nitrogens with zero attached hydrogens (tertiary/aromatic N) is 2. The van der Waals surface area contributed by atoms with E-state index < -0.39 is 10.0 Å². The molecule has 0 radical (unpaired) electrons. The van der Waals surface area contributed by atoms with Crippen LogP contribution in [0.5, 0.6) is 0 Å². The van der Waals surface area contributed by atoms with E-state index in [-0.39, 0.29) is 24.1 Å². The van der Waals surface area contributed by atoms with Crippen LogP contribution in [0.2, 0.25) is 0 Å². The predicted molar refractivity (Wildman–Crippen MR) is 149 cm³/mol. The molecule has 9 heteroatoms. The number of sulfonamides is 1. The lowest BCUT2D eigenvalue weighted by Crippen LogP contribution is -2.41. The Balaban J connectivity index is 1.72. The highest BCUT2D eigenvalue weighted by Gasteiger charge is 2.28. The molecule has 0 aromatic heterocycles. The molecule has 0 fully saturated rings. The van der Waals surface area contributed by atoms with Crippen molar-refractivity contribution in [1.29, 1.82) is 0 Å². The summed E-state index contributed by atoms with van der Waals surface area (Å²) in [4.78, 5) is 26.7.